The SMILES string of the molecule is COc1ccccc1N/C(N)=N/c1nc(-c2ccc(CNC(C)=O)o2)cs1. The van der Waals surface area contributed by atoms with Crippen molar-refractivity contribution >= 4 is 34.0 Å². The van der Waals surface area contributed by atoms with Crippen LogP contribution < -0.4 is 21.1 Å². The van der Waals surface area contributed by atoms with E-state index in [0.29, 0.717) is 40.3 Å². The molecule has 2 aromatic heterocycles. The molecule has 0 saturated heterocycles. The Bertz CT molecular complexity index is 963. The molecule has 27 heavy (non-hydrogen) atoms. The van der Waals surface area contributed by atoms with E-state index in [0.717, 1.165) is 0 Å². The van der Waals surface area contributed by atoms with Gasteiger partial charge in [-0.25, -0.2) is 4.98 Å². The molecule has 0 spiro atoms. The maximum atomic E-state index is 11.0. The first-order valence-corrected chi connectivity index (χ1v) is 8.96. The number of carbonyl (C=O) groups is 1. The number of methoxy groups -OCH3 is 1. The highest BCUT2D eigenvalue weighted by Gasteiger charge is 2.10. The Kier molecular flexibility index (Phi) is 5.72. The van der Waals surface area contributed by atoms with Crippen LogP contribution in [0.3, 0.4) is 0 Å². The van der Waals surface area contributed by atoms with E-state index in [2.05, 4.69) is 20.6 Å². The zero-order chi connectivity index (χ0) is 19.2. The first kappa shape index (κ1) is 18.5. The summed E-state index contributed by atoms with van der Waals surface area (Å²) >= 11 is 1.34. The molecule has 0 atom stereocenters. The van der Waals surface area contributed by atoms with Gasteiger partial charge in [0, 0.05) is 12.3 Å². The summed E-state index contributed by atoms with van der Waals surface area (Å²) < 4.78 is 11.0. The van der Waals surface area contributed by atoms with Gasteiger partial charge in [-0.05, 0) is 24.3 Å². The number of hydrogen-bond acceptors (Lipinski definition) is 6. The van der Waals surface area contributed by atoms with Gasteiger partial charge in [0.2, 0.25) is 17.0 Å². The average molecular weight is 385 g/mol. The molecule has 0 unspecified atom stereocenters. The Morgan fingerprint density at radius 1 is 1.33 bits per heavy atom. The Hall–Kier alpha value is -3.33. The van der Waals surface area contributed by atoms with Gasteiger partial charge >= 0.3 is 0 Å². The number of nitrogens with zero attached hydrogens (tertiary/aromatic N) is 2. The molecular weight excluding hydrogens is 366 g/mol. The van der Waals surface area contributed by atoms with Gasteiger partial charge in [-0.3, -0.25) is 4.79 Å². The number of thiazole rings is 1. The Labute approximate surface area is 160 Å². The van der Waals surface area contributed by atoms with E-state index >= 15 is 0 Å². The van der Waals surface area contributed by atoms with Crippen molar-refractivity contribution < 1.29 is 13.9 Å². The number of amides is 1. The molecule has 140 valence electrons. The van der Waals surface area contributed by atoms with Crippen molar-refractivity contribution in [1.82, 2.24) is 10.3 Å². The second kappa shape index (κ2) is 8.37. The van der Waals surface area contributed by atoms with Crippen molar-refractivity contribution in [2.45, 2.75) is 13.5 Å². The molecule has 0 aliphatic carbocycles. The topological polar surface area (TPSA) is 115 Å². The lowest BCUT2D eigenvalue weighted by Crippen LogP contribution is -2.22. The van der Waals surface area contributed by atoms with Gasteiger partial charge in [0.05, 0.1) is 19.3 Å². The molecule has 8 nitrogen and oxygen atoms in total. The fourth-order valence-electron chi connectivity index (χ4n) is 2.27. The maximum Gasteiger partial charge on any atom is 0.217 e. The predicted octanol–water partition coefficient (Wildman–Crippen LogP) is 3.11. The fraction of sp³-hybridized carbons (Fsp3) is 0.167. The zero-order valence-electron chi connectivity index (χ0n) is 14.9. The number of guanidine groups is 1. The van der Waals surface area contributed by atoms with Crippen LogP contribution in [-0.4, -0.2) is 24.0 Å². The Balaban J connectivity index is 1.70. The normalized spacial score (nSPS) is 11.3. The fourth-order valence-corrected chi connectivity index (χ4v) is 2.96. The number of nitrogens with two attached hydrogens (primary N) is 1. The summed E-state index contributed by atoms with van der Waals surface area (Å²) in [6.45, 7) is 1.79. The monoisotopic (exact) mass is 385 g/mol. The van der Waals surface area contributed by atoms with Crippen molar-refractivity contribution in [3.63, 3.8) is 0 Å². The summed E-state index contributed by atoms with van der Waals surface area (Å²) in [5, 5.41) is 8.00. The van der Waals surface area contributed by atoms with Crippen LogP contribution in [0.25, 0.3) is 11.5 Å². The lowest BCUT2D eigenvalue weighted by Gasteiger charge is -2.09. The standard InChI is InChI=1S/C18H19N5O3S/c1-11(24)20-9-12-7-8-16(26-12)14-10-27-18(22-14)23-17(19)21-13-5-3-4-6-15(13)25-2/h3-8,10H,9H2,1-2H3,(H,20,24)(H3,19,21,22,23). The minimum absolute atomic E-state index is 0.115. The molecule has 9 heteroatoms. The molecule has 2 heterocycles. The summed E-state index contributed by atoms with van der Waals surface area (Å²) in [5.74, 6) is 2.00. The molecule has 4 N–H and O–H groups in total. The van der Waals surface area contributed by atoms with Crippen LogP contribution in [0.5, 0.6) is 5.75 Å². The number of aliphatic imine (C=N–C) groups is 1. The lowest BCUT2D eigenvalue weighted by atomic mass is 10.3. The number of para-hydroxylation sites is 2. The highest BCUT2D eigenvalue weighted by molar-refractivity contribution is 7.13. The molecule has 3 aromatic rings. The van der Waals surface area contributed by atoms with Crippen LogP contribution in [0.15, 0.2) is 51.2 Å². The largest absolute Gasteiger partial charge is 0.495 e. The van der Waals surface area contributed by atoms with Crippen molar-refractivity contribution in [3.05, 3.63) is 47.5 Å². The Morgan fingerprint density at radius 3 is 2.93 bits per heavy atom. The second-order valence-electron chi connectivity index (χ2n) is 5.51. The molecule has 0 bridgehead atoms. The van der Waals surface area contributed by atoms with Gasteiger partial charge in [-0.1, -0.05) is 12.1 Å². The summed E-state index contributed by atoms with van der Waals surface area (Å²) in [5.41, 5.74) is 7.33. The van der Waals surface area contributed by atoms with Crippen LogP contribution in [0, 0.1) is 0 Å². The number of anilines is 1. The number of rotatable bonds is 6. The van der Waals surface area contributed by atoms with Crippen molar-refractivity contribution in [2.24, 2.45) is 10.7 Å². The molecule has 1 aromatic carbocycles. The summed E-state index contributed by atoms with van der Waals surface area (Å²) in [6.07, 6.45) is 0. The number of nitrogens with one attached hydrogen (secondary N) is 2. The molecule has 3 rings (SSSR count). The summed E-state index contributed by atoms with van der Waals surface area (Å²) in [4.78, 5) is 19.7. The lowest BCUT2D eigenvalue weighted by molar-refractivity contribution is -0.119. The predicted molar refractivity (Wildman–Crippen MR) is 105 cm³/mol. The molecule has 0 saturated carbocycles. The Morgan fingerprint density at radius 2 is 2.15 bits per heavy atom. The van der Waals surface area contributed by atoms with E-state index < -0.39 is 0 Å². The molecular formula is C18H19N5O3S. The van der Waals surface area contributed by atoms with Gasteiger partial charge in [0.1, 0.15) is 17.2 Å². The zero-order valence-corrected chi connectivity index (χ0v) is 15.7. The third kappa shape index (κ3) is 4.85. The van der Waals surface area contributed by atoms with Gasteiger partial charge in [-0.15, -0.1) is 11.3 Å². The van der Waals surface area contributed by atoms with E-state index in [1.807, 2.05) is 29.6 Å². The third-order valence-corrected chi connectivity index (χ3v) is 4.24. The quantitative estimate of drug-likeness (QED) is 0.444. The highest BCUT2D eigenvalue weighted by atomic mass is 32.1. The van der Waals surface area contributed by atoms with Crippen LogP contribution >= 0.6 is 11.3 Å². The molecule has 1 amide bonds. The number of carbonyl (C=O) groups excluding carboxylic acids is 1. The van der Waals surface area contributed by atoms with Crippen molar-refractivity contribution in [2.75, 3.05) is 12.4 Å². The van der Waals surface area contributed by atoms with Gasteiger partial charge in [0.15, 0.2) is 5.76 Å². The van der Waals surface area contributed by atoms with Crippen molar-refractivity contribution in [1.29, 1.82) is 0 Å². The number of furan rings is 1. The number of aromatic nitrogens is 1. The molecule has 0 radical (unpaired) electrons. The minimum Gasteiger partial charge on any atom is -0.495 e. The number of ether oxygens (including phenoxy) is 1. The first-order valence-electron chi connectivity index (χ1n) is 8.08. The van der Waals surface area contributed by atoms with Gasteiger partial charge in [0.25, 0.3) is 0 Å². The highest BCUT2D eigenvalue weighted by Crippen LogP contribution is 2.28. The van der Waals surface area contributed by atoms with Crippen LogP contribution in [0.1, 0.15) is 12.7 Å². The van der Waals surface area contributed by atoms with E-state index in [-0.39, 0.29) is 11.9 Å². The van der Waals surface area contributed by atoms with Crippen LogP contribution in [0.2, 0.25) is 0 Å². The van der Waals surface area contributed by atoms with Crippen LogP contribution in [0.4, 0.5) is 10.8 Å². The van der Waals surface area contributed by atoms with Crippen LogP contribution in [-0.2, 0) is 11.3 Å². The number of benzene rings is 1. The van der Waals surface area contributed by atoms with E-state index in [1.165, 1.54) is 18.3 Å². The van der Waals surface area contributed by atoms with Crippen molar-refractivity contribution in [3.8, 4) is 17.2 Å². The smallest absolute Gasteiger partial charge is 0.217 e. The summed E-state index contributed by atoms with van der Waals surface area (Å²) in [7, 11) is 1.59. The third-order valence-electron chi connectivity index (χ3n) is 3.50. The van der Waals surface area contributed by atoms with E-state index in [4.69, 9.17) is 14.9 Å². The first-order chi connectivity index (χ1) is 13.0. The van der Waals surface area contributed by atoms with Gasteiger partial charge < -0.3 is 25.5 Å². The summed E-state index contributed by atoms with van der Waals surface area (Å²) in [6, 6.07) is 11.0. The molecule has 0 aliphatic rings. The maximum absolute atomic E-state index is 11.0. The number of hydrogen-bond donors (Lipinski definition) is 3. The van der Waals surface area contributed by atoms with Gasteiger partial charge in [-0.2, -0.15) is 4.99 Å². The molecule has 0 aliphatic heterocycles. The molecule has 0 fully saturated rings. The average Bonchev–Trinajstić information content (AvgIpc) is 3.29. The minimum atomic E-state index is -0.115. The van der Waals surface area contributed by atoms with E-state index in [9.17, 15) is 4.79 Å². The second-order valence-corrected chi connectivity index (χ2v) is 6.35. The van der Waals surface area contributed by atoms with E-state index in [1.54, 1.807) is 19.2 Å².